The molecule has 3 aromatic rings. The highest BCUT2D eigenvalue weighted by Gasteiger charge is 2.39. The Hall–Kier alpha value is -3.60. The molecule has 0 aliphatic heterocycles. The predicted octanol–water partition coefficient (Wildman–Crippen LogP) is 6.47. The number of nitrogens with one attached hydrogen (secondary N) is 1. The highest BCUT2D eigenvalue weighted by Crippen LogP contribution is 2.36. The molecule has 0 bridgehead atoms. The van der Waals surface area contributed by atoms with Gasteiger partial charge < -0.3 is 10.1 Å². The predicted molar refractivity (Wildman–Crippen MR) is 126 cm³/mol. The fourth-order valence-corrected chi connectivity index (χ4v) is 4.30. The molecule has 8 nitrogen and oxygen atoms in total. The third kappa shape index (κ3) is 5.78. The van der Waals surface area contributed by atoms with Gasteiger partial charge in [0.05, 0.1) is 16.7 Å². The van der Waals surface area contributed by atoms with E-state index in [9.17, 15) is 28.1 Å². The number of nitro benzene ring substituents is 1. The van der Waals surface area contributed by atoms with Gasteiger partial charge in [0.15, 0.2) is 5.69 Å². The van der Waals surface area contributed by atoms with Crippen molar-refractivity contribution in [2.75, 3.05) is 5.32 Å². The van der Waals surface area contributed by atoms with E-state index in [1.54, 1.807) is 25.1 Å². The van der Waals surface area contributed by atoms with E-state index in [0.29, 0.717) is 35.7 Å². The topological polar surface area (TPSA) is 99.3 Å². The number of benzene rings is 2. The Labute approximate surface area is 209 Å². The highest BCUT2D eigenvalue weighted by molar-refractivity contribution is 6.31. The molecule has 36 heavy (non-hydrogen) atoms. The number of carbonyl (C=O) groups excluding carboxylic acids is 1. The molecule has 12 heteroatoms. The minimum Gasteiger partial charge on any atom is -0.457 e. The number of amides is 1. The van der Waals surface area contributed by atoms with Crippen LogP contribution in [0.25, 0.3) is 0 Å². The molecule has 190 valence electrons. The minimum absolute atomic E-state index is 0.0594. The van der Waals surface area contributed by atoms with E-state index in [4.69, 9.17) is 16.3 Å². The maximum absolute atomic E-state index is 13.5. The maximum Gasteiger partial charge on any atom is 0.435 e. The van der Waals surface area contributed by atoms with Crippen LogP contribution in [0.15, 0.2) is 36.4 Å². The third-order valence-electron chi connectivity index (χ3n) is 5.82. The number of alkyl halides is 3. The number of nitrogens with zero attached hydrogens (tertiary/aromatic N) is 3. The second kappa shape index (κ2) is 10.2. The van der Waals surface area contributed by atoms with Crippen molar-refractivity contribution in [1.29, 1.82) is 0 Å². The van der Waals surface area contributed by atoms with Crippen molar-refractivity contribution in [2.45, 2.75) is 51.7 Å². The summed E-state index contributed by atoms with van der Waals surface area (Å²) in [6.45, 7) is 1.31. The lowest BCUT2D eigenvalue weighted by molar-refractivity contribution is -0.384. The molecule has 1 N–H and O–H groups in total. The standard InChI is InChI=1S/C24H22ClF3N4O4/c1-14-9-17(7-8-20(14)25)36-18-11-15(10-16(12-18)32(34)35)29-22(33)13-31-21-6-4-2-3-5-19(21)23(30-31)24(26,27)28/h7-12H,2-6,13H2,1H3,(H,29,33). The van der Waals surface area contributed by atoms with E-state index in [0.717, 1.165) is 22.7 Å². The first-order valence-corrected chi connectivity index (χ1v) is 11.6. The molecule has 4 rings (SSSR count). The SMILES string of the molecule is Cc1cc(Oc2cc(NC(=O)Cn3nc(C(F)(F)F)c4c3CCCCC4)cc([N+](=O)[O-])c2)ccc1Cl. The second-order valence-electron chi connectivity index (χ2n) is 8.52. The van der Waals surface area contributed by atoms with Crippen LogP contribution in [-0.4, -0.2) is 20.6 Å². The summed E-state index contributed by atoms with van der Waals surface area (Å²) in [4.78, 5) is 23.5. The van der Waals surface area contributed by atoms with Crippen molar-refractivity contribution in [3.63, 3.8) is 0 Å². The molecule has 0 spiro atoms. The third-order valence-corrected chi connectivity index (χ3v) is 6.24. The largest absolute Gasteiger partial charge is 0.457 e. The molecular formula is C24H22ClF3N4O4. The second-order valence-corrected chi connectivity index (χ2v) is 8.93. The number of carbonyl (C=O) groups is 1. The summed E-state index contributed by atoms with van der Waals surface area (Å²) in [5, 5.41) is 18.2. The molecule has 2 aromatic carbocycles. The number of hydrogen-bond donors (Lipinski definition) is 1. The van der Waals surface area contributed by atoms with Crippen LogP contribution in [0, 0.1) is 17.0 Å². The van der Waals surface area contributed by atoms with Gasteiger partial charge in [-0.15, -0.1) is 0 Å². The average Bonchev–Trinajstić information content (AvgIpc) is 2.97. The monoisotopic (exact) mass is 522 g/mol. The minimum atomic E-state index is -4.62. The van der Waals surface area contributed by atoms with E-state index in [1.165, 1.54) is 12.1 Å². The molecule has 1 aliphatic rings. The summed E-state index contributed by atoms with van der Waals surface area (Å²) in [5.41, 5.74) is 0.0411. The van der Waals surface area contributed by atoms with Crippen LogP contribution < -0.4 is 10.1 Å². The van der Waals surface area contributed by atoms with Crippen LogP contribution in [-0.2, 0) is 30.4 Å². The van der Waals surface area contributed by atoms with E-state index >= 15 is 0 Å². The number of fused-ring (bicyclic) bond motifs is 1. The first-order valence-electron chi connectivity index (χ1n) is 11.2. The van der Waals surface area contributed by atoms with Crippen molar-refractivity contribution >= 4 is 28.9 Å². The zero-order chi connectivity index (χ0) is 26.0. The summed E-state index contributed by atoms with van der Waals surface area (Å²) < 4.78 is 47.4. The fourth-order valence-electron chi connectivity index (χ4n) is 4.18. The summed E-state index contributed by atoms with van der Waals surface area (Å²) in [6.07, 6.45) is -1.86. The first-order chi connectivity index (χ1) is 17.0. The van der Waals surface area contributed by atoms with Crippen LogP contribution in [0.3, 0.4) is 0 Å². The Bertz CT molecular complexity index is 1320. The van der Waals surface area contributed by atoms with Gasteiger partial charge >= 0.3 is 6.18 Å². The van der Waals surface area contributed by atoms with Gasteiger partial charge in [-0.05, 0) is 56.4 Å². The van der Waals surface area contributed by atoms with Crippen LogP contribution in [0.1, 0.15) is 41.8 Å². The number of aryl methyl sites for hydroxylation is 1. The van der Waals surface area contributed by atoms with E-state index in [-0.39, 0.29) is 29.1 Å². The molecule has 1 aliphatic carbocycles. The van der Waals surface area contributed by atoms with Crippen molar-refractivity contribution in [1.82, 2.24) is 9.78 Å². The lowest BCUT2D eigenvalue weighted by Crippen LogP contribution is -2.21. The molecule has 0 radical (unpaired) electrons. The molecule has 1 heterocycles. The number of halogens is 4. The van der Waals surface area contributed by atoms with Gasteiger partial charge in [0.2, 0.25) is 5.91 Å². The van der Waals surface area contributed by atoms with Gasteiger partial charge in [-0.25, -0.2) is 0 Å². The van der Waals surface area contributed by atoms with E-state index < -0.39 is 29.2 Å². The quantitative estimate of drug-likeness (QED) is 0.227. The van der Waals surface area contributed by atoms with Gasteiger partial charge in [0, 0.05) is 28.4 Å². The zero-order valence-electron chi connectivity index (χ0n) is 19.2. The number of non-ortho nitro benzene ring substituents is 1. The lowest BCUT2D eigenvalue weighted by Gasteiger charge is -2.11. The summed E-state index contributed by atoms with van der Waals surface area (Å²) >= 11 is 6.02. The Morgan fingerprint density at radius 3 is 2.61 bits per heavy atom. The van der Waals surface area contributed by atoms with Gasteiger partial charge in [-0.3, -0.25) is 19.6 Å². The first kappa shape index (κ1) is 25.5. The molecule has 0 saturated heterocycles. The molecule has 0 saturated carbocycles. The van der Waals surface area contributed by atoms with Crippen LogP contribution in [0.2, 0.25) is 5.02 Å². The average molecular weight is 523 g/mol. The zero-order valence-corrected chi connectivity index (χ0v) is 19.9. The fraction of sp³-hybridized carbons (Fsp3) is 0.333. The maximum atomic E-state index is 13.5. The molecule has 0 atom stereocenters. The van der Waals surface area contributed by atoms with Crippen molar-refractivity contribution in [3.8, 4) is 11.5 Å². The van der Waals surface area contributed by atoms with E-state index in [1.807, 2.05) is 0 Å². The highest BCUT2D eigenvalue weighted by atomic mass is 35.5. The van der Waals surface area contributed by atoms with Crippen molar-refractivity contribution < 1.29 is 27.6 Å². The number of nitro groups is 1. The molecule has 1 aromatic heterocycles. The molecule has 0 fully saturated rings. The number of ether oxygens (including phenoxy) is 1. The van der Waals surface area contributed by atoms with Crippen LogP contribution in [0.4, 0.5) is 24.5 Å². The number of hydrogen-bond acceptors (Lipinski definition) is 5. The van der Waals surface area contributed by atoms with E-state index in [2.05, 4.69) is 10.4 Å². The van der Waals surface area contributed by atoms with Crippen LogP contribution >= 0.6 is 11.6 Å². The summed E-state index contributed by atoms with van der Waals surface area (Å²) in [7, 11) is 0. The Morgan fingerprint density at radius 2 is 1.92 bits per heavy atom. The molecule has 1 amide bonds. The lowest BCUT2D eigenvalue weighted by atomic mass is 10.1. The van der Waals surface area contributed by atoms with Crippen molar-refractivity contribution in [2.24, 2.45) is 0 Å². The Balaban J connectivity index is 1.58. The molecular weight excluding hydrogens is 501 g/mol. The normalized spacial score (nSPS) is 13.6. The molecule has 0 unspecified atom stereocenters. The van der Waals surface area contributed by atoms with Gasteiger partial charge in [0.25, 0.3) is 5.69 Å². The van der Waals surface area contributed by atoms with Gasteiger partial charge in [0.1, 0.15) is 18.0 Å². The Morgan fingerprint density at radius 1 is 1.17 bits per heavy atom. The number of aromatic nitrogens is 2. The van der Waals surface area contributed by atoms with Crippen molar-refractivity contribution in [3.05, 3.63) is 74.0 Å². The number of anilines is 1. The smallest absolute Gasteiger partial charge is 0.435 e. The number of rotatable bonds is 6. The summed E-state index contributed by atoms with van der Waals surface area (Å²) in [5.74, 6) is -0.200. The van der Waals surface area contributed by atoms with Crippen LogP contribution in [0.5, 0.6) is 11.5 Å². The summed E-state index contributed by atoms with van der Waals surface area (Å²) in [6, 6.07) is 8.59. The van der Waals surface area contributed by atoms with Gasteiger partial charge in [-0.1, -0.05) is 18.0 Å². The Kier molecular flexibility index (Phi) is 7.21. The van der Waals surface area contributed by atoms with Gasteiger partial charge in [-0.2, -0.15) is 18.3 Å².